The lowest BCUT2D eigenvalue weighted by Crippen LogP contribution is -2.37. The highest BCUT2D eigenvalue weighted by Crippen LogP contribution is 1.95. The first kappa shape index (κ1) is 7.09. The van der Waals surface area contributed by atoms with E-state index in [1.54, 1.807) is 17.0 Å². The third-order valence-electron chi connectivity index (χ3n) is 1.95. The van der Waals surface area contributed by atoms with Crippen LogP contribution >= 0.6 is 0 Å². The van der Waals surface area contributed by atoms with Crippen molar-refractivity contribution in [2.45, 2.75) is 6.42 Å². The molecule has 0 saturated carbocycles. The fourth-order valence-corrected chi connectivity index (χ4v) is 1.33. The second kappa shape index (κ2) is 2.20. The van der Waals surface area contributed by atoms with Gasteiger partial charge in [-0.15, -0.1) is 0 Å². The number of carbonyl (C=O) groups excluding carboxylic acids is 1. The molecule has 0 fully saturated rings. The summed E-state index contributed by atoms with van der Waals surface area (Å²) in [6, 6.07) is 0. The number of fused-ring (bicyclic) bond motifs is 1. The zero-order valence-electron chi connectivity index (χ0n) is 6.74. The molecule has 0 atom stereocenters. The minimum atomic E-state index is 0.0450. The predicted molar refractivity (Wildman–Crippen MR) is 44.1 cm³/mol. The van der Waals surface area contributed by atoms with Crippen molar-refractivity contribution < 1.29 is 4.79 Å². The average molecular weight is 163 g/mol. The van der Waals surface area contributed by atoms with Crippen LogP contribution in [0.1, 0.15) is 6.42 Å². The van der Waals surface area contributed by atoms with E-state index in [1.165, 1.54) is 0 Å². The quantitative estimate of drug-likeness (QED) is 0.493. The predicted octanol–water partition coefficient (Wildman–Crippen LogP) is -1.76. The van der Waals surface area contributed by atoms with Crippen molar-refractivity contribution in [2.75, 3.05) is 0 Å². The number of ketones is 1. The van der Waals surface area contributed by atoms with Crippen LogP contribution in [-0.2, 0) is 11.8 Å². The average Bonchev–Trinajstić information content (AvgIpc) is 2.33. The zero-order chi connectivity index (χ0) is 8.72. The van der Waals surface area contributed by atoms with Gasteiger partial charge in [0.1, 0.15) is 5.35 Å². The SMILES string of the molecule is Cn1cnc2c1=CC(=O)CC=2N. The molecular weight excluding hydrogens is 154 g/mol. The normalized spacial score (nSPS) is 15.8. The van der Waals surface area contributed by atoms with Crippen LogP contribution in [0.2, 0.25) is 0 Å². The Bertz CT molecular complexity index is 455. The van der Waals surface area contributed by atoms with Gasteiger partial charge in [-0.05, 0) is 0 Å². The summed E-state index contributed by atoms with van der Waals surface area (Å²) in [5, 5.41) is 1.56. The number of aromatic nitrogens is 2. The Morgan fingerprint density at radius 1 is 1.67 bits per heavy atom. The van der Waals surface area contributed by atoms with E-state index in [-0.39, 0.29) is 5.78 Å². The molecule has 0 aliphatic heterocycles. The highest BCUT2D eigenvalue weighted by Gasteiger charge is 2.10. The second-order valence-corrected chi connectivity index (χ2v) is 2.90. The molecule has 0 amide bonds. The van der Waals surface area contributed by atoms with Gasteiger partial charge < -0.3 is 10.3 Å². The Hall–Kier alpha value is -1.58. The summed E-state index contributed by atoms with van der Waals surface area (Å²) in [5.41, 5.74) is 6.22. The summed E-state index contributed by atoms with van der Waals surface area (Å²) in [6.45, 7) is 0. The van der Waals surface area contributed by atoms with E-state index in [2.05, 4.69) is 4.98 Å². The molecule has 1 aliphatic carbocycles. The van der Waals surface area contributed by atoms with Gasteiger partial charge in [0, 0.05) is 18.8 Å². The lowest BCUT2D eigenvalue weighted by molar-refractivity contribution is -0.112. The summed E-state index contributed by atoms with van der Waals surface area (Å²) in [6.07, 6.45) is 3.54. The number of hydrogen-bond acceptors (Lipinski definition) is 3. The summed E-state index contributed by atoms with van der Waals surface area (Å²) >= 11 is 0. The Morgan fingerprint density at radius 3 is 3.17 bits per heavy atom. The molecule has 62 valence electrons. The third kappa shape index (κ3) is 0.845. The molecule has 2 rings (SSSR count). The molecule has 4 nitrogen and oxygen atoms in total. The van der Waals surface area contributed by atoms with Crippen molar-refractivity contribution in [2.24, 2.45) is 12.8 Å². The summed E-state index contributed by atoms with van der Waals surface area (Å²) in [4.78, 5) is 15.2. The van der Waals surface area contributed by atoms with Crippen LogP contribution in [-0.4, -0.2) is 15.3 Å². The Balaban J connectivity index is 2.93. The highest BCUT2D eigenvalue weighted by molar-refractivity contribution is 6.10. The standard InChI is InChI=1S/C8H9N3O/c1-11-4-10-8-6(9)2-5(12)3-7(8)11/h3-4H,2,9H2,1H3. The van der Waals surface area contributed by atoms with Crippen LogP contribution in [0.3, 0.4) is 0 Å². The molecule has 1 aromatic rings. The van der Waals surface area contributed by atoms with Crippen molar-refractivity contribution in [1.29, 1.82) is 0 Å². The molecule has 2 N–H and O–H groups in total. The van der Waals surface area contributed by atoms with E-state index < -0.39 is 0 Å². The Labute approximate surface area is 69.0 Å². The van der Waals surface area contributed by atoms with Crippen molar-refractivity contribution in [3.63, 3.8) is 0 Å². The van der Waals surface area contributed by atoms with Crippen molar-refractivity contribution >= 4 is 17.6 Å². The van der Waals surface area contributed by atoms with Gasteiger partial charge in [0.2, 0.25) is 0 Å². The maximum Gasteiger partial charge on any atom is 0.163 e. The second-order valence-electron chi connectivity index (χ2n) is 2.90. The van der Waals surface area contributed by atoms with E-state index >= 15 is 0 Å². The third-order valence-corrected chi connectivity index (χ3v) is 1.95. The number of rotatable bonds is 0. The zero-order valence-corrected chi connectivity index (χ0v) is 6.74. The molecule has 0 aromatic carbocycles. The first-order chi connectivity index (χ1) is 5.68. The smallest absolute Gasteiger partial charge is 0.163 e. The van der Waals surface area contributed by atoms with Crippen LogP contribution in [0.4, 0.5) is 0 Å². The topological polar surface area (TPSA) is 60.9 Å². The molecule has 0 saturated heterocycles. The first-order valence-corrected chi connectivity index (χ1v) is 3.69. The number of hydrogen-bond donors (Lipinski definition) is 1. The lowest BCUT2D eigenvalue weighted by atomic mass is 10.1. The Kier molecular flexibility index (Phi) is 1.30. The maximum absolute atomic E-state index is 11.1. The fourth-order valence-electron chi connectivity index (χ4n) is 1.33. The molecule has 0 unspecified atom stereocenters. The molecule has 1 aromatic heterocycles. The number of carbonyl (C=O) groups is 1. The monoisotopic (exact) mass is 163 g/mol. The maximum atomic E-state index is 11.1. The molecule has 1 heterocycles. The van der Waals surface area contributed by atoms with Crippen LogP contribution in [0.25, 0.3) is 11.8 Å². The summed E-state index contributed by atoms with van der Waals surface area (Å²) in [5.74, 6) is 0.0450. The fraction of sp³-hybridized carbons (Fsp3) is 0.250. The van der Waals surface area contributed by atoms with Gasteiger partial charge >= 0.3 is 0 Å². The number of nitrogens with two attached hydrogens (primary N) is 1. The molecule has 0 bridgehead atoms. The largest absolute Gasteiger partial charge is 0.400 e. The van der Waals surface area contributed by atoms with Crippen LogP contribution in [0, 0.1) is 0 Å². The molecule has 0 radical (unpaired) electrons. The lowest BCUT2D eigenvalue weighted by Gasteiger charge is -2.00. The van der Waals surface area contributed by atoms with Crippen LogP contribution in [0.5, 0.6) is 0 Å². The summed E-state index contributed by atoms with van der Waals surface area (Å²) < 4.78 is 1.79. The molecule has 4 heteroatoms. The van der Waals surface area contributed by atoms with Gasteiger partial charge in [-0.25, -0.2) is 4.98 Å². The summed E-state index contributed by atoms with van der Waals surface area (Å²) in [7, 11) is 1.84. The number of aryl methyl sites for hydroxylation is 1. The van der Waals surface area contributed by atoms with Gasteiger partial charge in [-0.1, -0.05) is 0 Å². The molecule has 0 spiro atoms. The highest BCUT2D eigenvalue weighted by atomic mass is 16.1. The van der Waals surface area contributed by atoms with E-state index in [1.807, 2.05) is 7.05 Å². The van der Waals surface area contributed by atoms with Gasteiger partial charge in [-0.2, -0.15) is 0 Å². The molecule has 12 heavy (non-hydrogen) atoms. The van der Waals surface area contributed by atoms with Crippen molar-refractivity contribution in [3.8, 4) is 0 Å². The van der Waals surface area contributed by atoms with Gasteiger partial charge in [0.05, 0.1) is 18.1 Å². The van der Waals surface area contributed by atoms with Crippen LogP contribution in [0.15, 0.2) is 6.33 Å². The number of Topliss-reactive ketones (excluding diaryl/α,β-unsaturated/α-hetero) is 1. The number of imidazole rings is 1. The van der Waals surface area contributed by atoms with E-state index in [0.717, 1.165) is 10.7 Å². The van der Waals surface area contributed by atoms with Crippen molar-refractivity contribution in [3.05, 3.63) is 17.0 Å². The van der Waals surface area contributed by atoms with Crippen molar-refractivity contribution in [1.82, 2.24) is 9.55 Å². The van der Waals surface area contributed by atoms with Crippen LogP contribution < -0.4 is 16.4 Å². The minimum Gasteiger partial charge on any atom is -0.400 e. The molecular formula is C8H9N3O. The van der Waals surface area contributed by atoms with E-state index in [0.29, 0.717) is 12.1 Å². The first-order valence-electron chi connectivity index (χ1n) is 3.69. The van der Waals surface area contributed by atoms with E-state index in [9.17, 15) is 4.79 Å². The minimum absolute atomic E-state index is 0.0450. The molecule has 1 aliphatic rings. The van der Waals surface area contributed by atoms with E-state index in [4.69, 9.17) is 5.73 Å². The van der Waals surface area contributed by atoms with Gasteiger partial charge in [-0.3, -0.25) is 4.79 Å². The van der Waals surface area contributed by atoms with Gasteiger partial charge in [0.15, 0.2) is 5.78 Å². The Morgan fingerprint density at radius 2 is 2.42 bits per heavy atom. The number of nitrogens with zero attached hydrogens (tertiary/aromatic N) is 2. The van der Waals surface area contributed by atoms with Gasteiger partial charge in [0.25, 0.3) is 0 Å².